The number of fused-ring (bicyclic) bond motifs is 1. The van der Waals surface area contributed by atoms with Gasteiger partial charge < -0.3 is 10.0 Å². The first kappa shape index (κ1) is 12.8. The van der Waals surface area contributed by atoms with Crippen molar-refractivity contribution < 1.29 is 14.3 Å². The van der Waals surface area contributed by atoms with Crippen LogP contribution in [0.1, 0.15) is 16.1 Å². The highest BCUT2D eigenvalue weighted by Crippen LogP contribution is 2.36. The second-order valence-corrected chi connectivity index (χ2v) is 6.01. The third kappa shape index (κ3) is 2.22. The fraction of sp³-hybridized carbons (Fsp3) is 0.308. The molecular formula is C13H11ClFNO2S. The number of benzene rings is 1. The summed E-state index contributed by atoms with van der Waals surface area (Å²) in [6, 6.07) is 4.29. The van der Waals surface area contributed by atoms with Gasteiger partial charge in [-0.15, -0.1) is 11.3 Å². The second-order valence-electron chi connectivity index (χ2n) is 4.58. The summed E-state index contributed by atoms with van der Waals surface area (Å²) in [6.45, 7) is 0.858. The van der Waals surface area contributed by atoms with Crippen molar-refractivity contribution in [2.75, 3.05) is 13.1 Å². The molecule has 0 spiro atoms. The van der Waals surface area contributed by atoms with Crippen molar-refractivity contribution >= 4 is 38.9 Å². The van der Waals surface area contributed by atoms with E-state index in [0.29, 0.717) is 39.5 Å². The first-order valence-corrected chi connectivity index (χ1v) is 7.10. The van der Waals surface area contributed by atoms with Gasteiger partial charge in [0.1, 0.15) is 10.7 Å². The molecule has 2 heterocycles. The maximum Gasteiger partial charge on any atom is 0.265 e. The van der Waals surface area contributed by atoms with Crippen LogP contribution in [0.4, 0.5) is 4.39 Å². The third-order valence-corrected chi connectivity index (χ3v) is 4.88. The zero-order valence-corrected chi connectivity index (χ0v) is 11.5. The molecule has 1 aliphatic rings. The average Bonchev–Trinajstić information content (AvgIpc) is 2.93. The summed E-state index contributed by atoms with van der Waals surface area (Å²) in [4.78, 5) is 14.3. The quantitative estimate of drug-likeness (QED) is 0.879. The van der Waals surface area contributed by atoms with Gasteiger partial charge in [-0.1, -0.05) is 11.6 Å². The molecule has 0 saturated carbocycles. The van der Waals surface area contributed by atoms with Crippen LogP contribution in [0.2, 0.25) is 5.02 Å². The highest BCUT2D eigenvalue weighted by atomic mass is 35.5. The minimum Gasteiger partial charge on any atom is -0.391 e. The van der Waals surface area contributed by atoms with Crippen molar-refractivity contribution in [1.29, 1.82) is 0 Å². The topological polar surface area (TPSA) is 40.5 Å². The van der Waals surface area contributed by atoms with E-state index in [-0.39, 0.29) is 11.7 Å². The maximum atomic E-state index is 13.2. The lowest BCUT2D eigenvalue weighted by atomic mass is 10.2. The van der Waals surface area contributed by atoms with Crippen molar-refractivity contribution in [1.82, 2.24) is 4.90 Å². The Balaban J connectivity index is 2.00. The van der Waals surface area contributed by atoms with E-state index in [0.717, 1.165) is 0 Å². The number of aliphatic hydroxyl groups excluding tert-OH is 1. The van der Waals surface area contributed by atoms with Gasteiger partial charge in [0, 0.05) is 23.2 Å². The van der Waals surface area contributed by atoms with E-state index < -0.39 is 6.10 Å². The van der Waals surface area contributed by atoms with Crippen LogP contribution in [0.5, 0.6) is 0 Å². The highest BCUT2D eigenvalue weighted by Gasteiger charge is 2.28. The summed E-state index contributed by atoms with van der Waals surface area (Å²) in [5.74, 6) is -0.538. The normalized spacial score (nSPS) is 19.3. The maximum absolute atomic E-state index is 13.2. The number of hydrogen-bond donors (Lipinski definition) is 1. The Bertz CT molecular complexity index is 657. The zero-order chi connectivity index (χ0) is 13.6. The van der Waals surface area contributed by atoms with Crippen molar-refractivity contribution in [3.63, 3.8) is 0 Å². The highest BCUT2D eigenvalue weighted by molar-refractivity contribution is 7.21. The first-order chi connectivity index (χ1) is 9.06. The number of rotatable bonds is 1. The molecule has 0 aliphatic carbocycles. The van der Waals surface area contributed by atoms with Gasteiger partial charge in [0.25, 0.3) is 5.91 Å². The lowest BCUT2D eigenvalue weighted by molar-refractivity contribution is 0.0770. The molecule has 1 fully saturated rings. The summed E-state index contributed by atoms with van der Waals surface area (Å²) in [7, 11) is 0. The summed E-state index contributed by atoms with van der Waals surface area (Å²) < 4.78 is 13.8. The van der Waals surface area contributed by atoms with Crippen LogP contribution in [0, 0.1) is 5.82 Å². The Morgan fingerprint density at radius 3 is 3.00 bits per heavy atom. The number of hydrogen-bond acceptors (Lipinski definition) is 3. The number of aliphatic hydroxyl groups is 1. The van der Waals surface area contributed by atoms with Crippen molar-refractivity contribution in [2.45, 2.75) is 12.5 Å². The zero-order valence-electron chi connectivity index (χ0n) is 9.90. The van der Waals surface area contributed by atoms with Crippen LogP contribution in [-0.4, -0.2) is 35.1 Å². The minimum absolute atomic E-state index is 0.192. The number of nitrogens with zero attached hydrogens (tertiary/aromatic N) is 1. The van der Waals surface area contributed by atoms with Crippen LogP contribution >= 0.6 is 22.9 Å². The third-order valence-electron chi connectivity index (χ3n) is 3.24. The number of amides is 1. The molecule has 3 rings (SSSR count). The van der Waals surface area contributed by atoms with Crippen LogP contribution in [0.15, 0.2) is 18.2 Å². The average molecular weight is 300 g/mol. The lowest BCUT2D eigenvalue weighted by Crippen LogP contribution is -2.29. The number of thiophene rings is 1. The standard InChI is InChI=1S/C13H11ClFNO2S/c14-11-9-2-1-7(15)5-10(9)19-12(11)13(18)16-4-3-8(17)6-16/h1-2,5,8,17H,3-4,6H2/t8-/m0/s1. The number of carbonyl (C=O) groups is 1. The Morgan fingerprint density at radius 2 is 2.32 bits per heavy atom. The smallest absolute Gasteiger partial charge is 0.265 e. The predicted molar refractivity (Wildman–Crippen MR) is 73.3 cm³/mol. The van der Waals surface area contributed by atoms with E-state index in [1.165, 1.54) is 23.5 Å². The van der Waals surface area contributed by atoms with Crippen LogP contribution in [0.25, 0.3) is 10.1 Å². The molecule has 1 amide bonds. The molecule has 1 atom stereocenters. The van der Waals surface area contributed by atoms with Crippen LogP contribution in [0.3, 0.4) is 0 Å². The van der Waals surface area contributed by atoms with Gasteiger partial charge in [-0.3, -0.25) is 4.79 Å². The van der Waals surface area contributed by atoms with Crippen molar-refractivity contribution in [3.05, 3.63) is 33.9 Å². The summed E-state index contributed by atoms with van der Waals surface area (Å²) in [5.41, 5.74) is 0. The molecule has 6 heteroatoms. The number of carbonyl (C=O) groups excluding carboxylic acids is 1. The molecule has 0 radical (unpaired) electrons. The van der Waals surface area contributed by atoms with Gasteiger partial charge in [-0.2, -0.15) is 0 Å². The van der Waals surface area contributed by atoms with E-state index in [1.54, 1.807) is 11.0 Å². The molecule has 0 unspecified atom stereocenters. The monoisotopic (exact) mass is 299 g/mol. The number of likely N-dealkylation sites (tertiary alicyclic amines) is 1. The minimum atomic E-state index is -0.463. The Labute approximate surface area is 118 Å². The van der Waals surface area contributed by atoms with Gasteiger partial charge >= 0.3 is 0 Å². The number of β-amino-alcohol motifs (C(OH)–C–C–N with tert-alkyl or cyclic N) is 1. The largest absolute Gasteiger partial charge is 0.391 e. The van der Waals surface area contributed by atoms with Gasteiger partial charge in [0.15, 0.2) is 0 Å². The summed E-state index contributed by atoms with van der Waals surface area (Å²) >= 11 is 7.39. The van der Waals surface area contributed by atoms with E-state index in [9.17, 15) is 14.3 Å². The molecule has 1 aromatic heterocycles. The lowest BCUT2D eigenvalue weighted by Gasteiger charge is -2.14. The summed E-state index contributed by atoms with van der Waals surface area (Å²) in [6.07, 6.45) is 0.123. The van der Waals surface area contributed by atoms with E-state index in [2.05, 4.69) is 0 Å². The van der Waals surface area contributed by atoms with E-state index in [1.807, 2.05) is 0 Å². The SMILES string of the molecule is O=C(c1sc2cc(F)ccc2c1Cl)N1CC[C@H](O)C1. The summed E-state index contributed by atoms with van der Waals surface area (Å²) in [5, 5.41) is 10.5. The first-order valence-electron chi connectivity index (χ1n) is 5.91. The van der Waals surface area contributed by atoms with Gasteiger partial charge in [0.2, 0.25) is 0 Å². The van der Waals surface area contributed by atoms with Crippen LogP contribution < -0.4 is 0 Å². The van der Waals surface area contributed by atoms with E-state index >= 15 is 0 Å². The fourth-order valence-electron chi connectivity index (χ4n) is 2.25. The molecule has 1 saturated heterocycles. The van der Waals surface area contributed by atoms with Crippen molar-refractivity contribution in [2.24, 2.45) is 0 Å². The Morgan fingerprint density at radius 1 is 1.53 bits per heavy atom. The molecule has 1 N–H and O–H groups in total. The fourth-order valence-corrected chi connectivity index (χ4v) is 3.75. The molecule has 3 nitrogen and oxygen atoms in total. The Hall–Kier alpha value is -1.17. The Kier molecular flexibility index (Phi) is 3.20. The molecule has 2 aromatic rings. The van der Waals surface area contributed by atoms with Crippen molar-refractivity contribution in [3.8, 4) is 0 Å². The second kappa shape index (κ2) is 4.74. The molecular weight excluding hydrogens is 289 g/mol. The van der Waals surface area contributed by atoms with Gasteiger partial charge in [-0.05, 0) is 24.6 Å². The van der Waals surface area contributed by atoms with Gasteiger partial charge in [-0.25, -0.2) is 4.39 Å². The molecule has 19 heavy (non-hydrogen) atoms. The molecule has 0 bridgehead atoms. The van der Waals surface area contributed by atoms with E-state index in [4.69, 9.17) is 11.6 Å². The van der Waals surface area contributed by atoms with Gasteiger partial charge in [0.05, 0.1) is 11.1 Å². The molecule has 1 aromatic carbocycles. The molecule has 100 valence electrons. The predicted octanol–water partition coefficient (Wildman–Crippen LogP) is 2.90. The number of halogens is 2. The molecule has 1 aliphatic heterocycles. The van der Waals surface area contributed by atoms with Crippen LogP contribution in [-0.2, 0) is 0 Å².